The third kappa shape index (κ3) is 2.71. The zero-order valence-corrected chi connectivity index (χ0v) is 11.6. The van der Waals surface area contributed by atoms with Crippen LogP contribution in [0.5, 0.6) is 0 Å². The van der Waals surface area contributed by atoms with Crippen LogP contribution in [0.4, 0.5) is 5.95 Å². The molecule has 2 atom stereocenters. The highest BCUT2D eigenvalue weighted by Gasteiger charge is 2.26. The minimum Gasteiger partial charge on any atom is -0.377 e. The maximum Gasteiger partial charge on any atom is 0.257 e. The van der Waals surface area contributed by atoms with Gasteiger partial charge in [0.2, 0.25) is 5.95 Å². The van der Waals surface area contributed by atoms with Gasteiger partial charge in [-0.3, -0.25) is 5.43 Å². The first-order valence-electron chi connectivity index (χ1n) is 6.12. The van der Waals surface area contributed by atoms with Crippen LogP contribution in [-0.2, 0) is 4.74 Å². The summed E-state index contributed by atoms with van der Waals surface area (Å²) in [6.07, 6.45) is 4.09. The average Bonchev–Trinajstić information content (AvgIpc) is 3.11. The molecule has 3 heterocycles. The Labute approximate surface area is 119 Å². The zero-order valence-electron chi connectivity index (χ0n) is 10.8. The van der Waals surface area contributed by atoms with E-state index >= 15 is 0 Å². The Bertz CT molecular complexity index is 577. The Morgan fingerprint density at radius 2 is 2.35 bits per heavy atom. The lowest BCUT2D eigenvalue weighted by Gasteiger charge is -2.13. The van der Waals surface area contributed by atoms with E-state index in [0.717, 1.165) is 13.0 Å². The fourth-order valence-electron chi connectivity index (χ4n) is 1.88. The van der Waals surface area contributed by atoms with Crippen LogP contribution < -0.4 is 11.3 Å². The van der Waals surface area contributed by atoms with Gasteiger partial charge < -0.3 is 4.74 Å². The summed E-state index contributed by atoms with van der Waals surface area (Å²) < 4.78 is 7.00. The number of hydrazine groups is 1. The molecular formula is C10H14N8OS. The summed E-state index contributed by atoms with van der Waals surface area (Å²) in [5.41, 5.74) is 2.44. The number of aromatic nitrogens is 6. The van der Waals surface area contributed by atoms with Crippen molar-refractivity contribution in [3.05, 3.63) is 12.7 Å². The number of rotatable bonds is 4. The van der Waals surface area contributed by atoms with Crippen molar-refractivity contribution in [2.45, 2.75) is 29.9 Å². The molecule has 1 aliphatic heterocycles. The first-order valence-corrected chi connectivity index (χ1v) is 7.00. The molecule has 1 aliphatic rings. The van der Waals surface area contributed by atoms with Crippen molar-refractivity contribution >= 4 is 17.7 Å². The number of anilines is 1. The molecule has 3 rings (SSSR count). The van der Waals surface area contributed by atoms with E-state index in [-0.39, 0.29) is 6.10 Å². The van der Waals surface area contributed by atoms with Crippen molar-refractivity contribution in [3.63, 3.8) is 0 Å². The molecule has 0 aliphatic carbocycles. The summed E-state index contributed by atoms with van der Waals surface area (Å²) >= 11 is 1.56. The number of nitrogens with two attached hydrogens (primary N) is 1. The quantitative estimate of drug-likeness (QED) is 0.593. The second-order valence-corrected chi connectivity index (χ2v) is 5.45. The number of hydrogen-bond acceptors (Lipinski definition) is 9. The van der Waals surface area contributed by atoms with Gasteiger partial charge in [0.05, 0.1) is 6.10 Å². The topological polar surface area (TPSA) is 117 Å². The molecule has 2 unspecified atom stereocenters. The Kier molecular flexibility index (Phi) is 3.76. The van der Waals surface area contributed by atoms with Crippen molar-refractivity contribution in [1.29, 1.82) is 0 Å². The zero-order chi connectivity index (χ0) is 13.9. The Hall–Kier alpha value is -1.78. The third-order valence-electron chi connectivity index (χ3n) is 2.92. The van der Waals surface area contributed by atoms with Crippen LogP contribution in [0.3, 0.4) is 0 Å². The van der Waals surface area contributed by atoms with E-state index in [0.29, 0.717) is 22.3 Å². The van der Waals surface area contributed by atoms with E-state index in [1.165, 1.54) is 17.3 Å². The molecule has 0 radical (unpaired) electrons. The highest BCUT2D eigenvalue weighted by molar-refractivity contribution is 7.99. The van der Waals surface area contributed by atoms with Crippen LogP contribution in [0.2, 0.25) is 0 Å². The van der Waals surface area contributed by atoms with Crippen LogP contribution in [0, 0.1) is 0 Å². The third-order valence-corrected chi connectivity index (χ3v) is 4.23. The first-order chi connectivity index (χ1) is 9.76. The van der Waals surface area contributed by atoms with Gasteiger partial charge in [-0.1, -0.05) is 11.8 Å². The van der Waals surface area contributed by atoms with Gasteiger partial charge in [-0.05, 0) is 13.3 Å². The number of nitrogen functional groups attached to an aromatic ring is 1. The summed E-state index contributed by atoms with van der Waals surface area (Å²) in [4.78, 5) is 16.6. The smallest absolute Gasteiger partial charge is 0.257 e. The molecular weight excluding hydrogens is 280 g/mol. The van der Waals surface area contributed by atoms with E-state index in [2.05, 4.69) is 30.5 Å². The van der Waals surface area contributed by atoms with Gasteiger partial charge in [-0.2, -0.15) is 24.7 Å². The van der Waals surface area contributed by atoms with Crippen LogP contribution in [0.25, 0.3) is 5.95 Å². The second-order valence-electron chi connectivity index (χ2n) is 4.25. The summed E-state index contributed by atoms with van der Waals surface area (Å²) in [6, 6.07) is 0. The molecule has 3 N–H and O–H groups in total. The normalized spacial score (nSPS) is 22.1. The van der Waals surface area contributed by atoms with Crippen LogP contribution in [0.1, 0.15) is 13.3 Å². The molecule has 106 valence electrons. The molecule has 1 fully saturated rings. The molecule has 0 bridgehead atoms. The minimum atomic E-state index is 0.181. The number of hydrogen-bond donors (Lipinski definition) is 2. The molecule has 0 amide bonds. The molecule has 10 heteroatoms. The minimum absolute atomic E-state index is 0.181. The first kappa shape index (κ1) is 13.2. The molecule has 20 heavy (non-hydrogen) atoms. The lowest BCUT2D eigenvalue weighted by Crippen LogP contribution is -2.17. The summed E-state index contributed by atoms with van der Waals surface area (Å²) in [5.74, 6) is 6.06. The fraction of sp³-hybridized carbons (Fsp3) is 0.500. The van der Waals surface area contributed by atoms with Gasteiger partial charge in [-0.25, -0.2) is 10.8 Å². The van der Waals surface area contributed by atoms with Gasteiger partial charge in [0.25, 0.3) is 5.95 Å². The maximum absolute atomic E-state index is 5.54. The lowest BCUT2D eigenvalue weighted by molar-refractivity contribution is 0.127. The summed E-state index contributed by atoms with van der Waals surface area (Å²) in [7, 11) is 0. The molecule has 0 spiro atoms. The van der Waals surface area contributed by atoms with Crippen molar-refractivity contribution in [3.8, 4) is 5.95 Å². The van der Waals surface area contributed by atoms with E-state index in [9.17, 15) is 0 Å². The van der Waals surface area contributed by atoms with Gasteiger partial charge in [0, 0.05) is 11.9 Å². The van der Waals surface area contributed by atoms with Crippen LogP contribution in [-0.4, -0.2) is 47.7 Å². The molecule has 0 aromatic carbocycles. The fourth-order valence-corrected chi connectivity index (χ4v) is 2.91. The Morgan fingerprint density at radius 1 is 1.45 bits per heavy atom. The predicted octanol–water partition coefficient (Wildman–Crippen LogP) is 0.00740. The highest BCUT2D eigenvalue weighted by Crippen LogP contribution is 2.30. The standard InChI is InChI=1S/C10H14N8OS/c1-6-7(2-3-19-6)20-10-15-8(17-11)14-9(16-10)18-5-12-4-13-18/h4-7H,2-3,11H2,1H3,(H,14,15,16,17). The molecule has 2 aromatic rings. The number of thioether (sulfide) groups is 1. The Balaban J connectivity index is 1.88. The second kappa shape index (κ2) is 5.69. The van der Waals surface area contributed by atoms with Crippen molar-refractivity contribution in [2.24, 2.45) is 5.84 Å². The lowest BCUT2D eigenvalue weighted by atomic mass is 10.3. The monoisotopic (exact) mass is 294 g/mol. The van der Waals surface area contributed by atoms with E-state index in [4.69, 9.17) is 10.6 Å². The Morgan fingerprint density at radius 3 is 3.00 bits per heavy atom. The van der Waals surface area contributed by atoms with Crippen LogP contribution >= 0.6 is 11.8 Å². The van der Waals surface area contributed by atoms with Gasteiger partial charge in [0.15, 0.2) is 5.16 Å². The number of nitrogens with zero attached hydrogens (tertiary/aromatic N) is 6. The maximum atomic E-state index is 5.54. The molecule has 2 aromatic heterocycles. The largest absolute Gasteiger partial charge is 0.377 e. The van der Waals surface area contributed by atoms with Gasteiger partial charge in [-0.15, -0.1) is 0 Å². The van der Waals surface area contributed by atoms with Crippen molar-refractivity contribution in [2.75, 3.05) is 12.0 Å². The SMILES string of the molecule is CC1OCCC1Sc1nc(NN)nc(-n2cncn2)n1. The molecule has 1 saturated heterocycles. The summed E-state index contributed by atoms with van der Waals surface area (Å²) in [5, 5.41) is 4.91. The van der Waals surface area contributed by atoms with Crippen molar-refractivity contribution in [1.82, 2.24) is 29.7 Å². The van der Waals surface area contributed by atoms with Crippen LogP contribution in [0.15, 0.2) is 17.8 Å². The number of nitrogens with one attached hydrogen (secondary N) is 1. The average molecular weight is 294 g/mol. The van der Waals surface area contributed by atoms with E-state index < -0.39 is 0 Å². The highest BCUT2D eigenvalue weighted by atomic mass is 32.2. The van der Waals surface area contributed by atoms with E-state index in [1.54, 1.807) is 11.8 Å². The predicted molar refractivity (Wildman–Crippen MR) is 72.2 cm³/mol. The molecule has 0 saturated carbocycles. The number of ether oxygens (including phenoxy) is 1. The summed E-state index contributed by atoms with van der Waals surface area (Å²) in [6.45, 7) is 2.81. The van der Waals surface area contributed by atoms with Gasteiger partial charge >= 0.3 is 0 Å². The van der Waals surface area contributed by atoms with E-state index in [1.807, 2.05) is 6.92 Å². The van der Waals surface area contributed by atoms with Gasteiger partial charge in [0.1, 0.15) is 12.7 Å². The van der Waals surface area contributed by atoms with Crippen molar-refractivity contribution < 1.29 is 4.74 Å². The molecule has 9 nitrogen and oxygen atoms in total.